The molecular formula is C21H26N6OS. The van der Waals surface area contributed by atoms with Crippen LogP contribution in [0.1, 0.15) is 41.6 Å². The molecular weight excluding hydrogens is 384 g/mol. The predicted molar refractivity (Wildman–Crippen MR) is 123 cm³/mol. The molecule has 0 spiro atoms. The molecule has 0 aliphatic rings. The number of nitrogens with one attached hydrogen (secondary N) is 2. The van der Waals surface area contributed by atoms with Gasteiger partial charge in [0.05, 0.1) is 21.8 Å². The lowest BCUT2D eigenvalue weighted by Gasteiger charge is -2.16. The van der Waals surface area contributed by atoms with Gasteiger partial charge < -0.3 is 22.1 Å². The number of rotatable bonds is 6. The minimum Gasteiger partial charge on any atom is -0.397 e. The van der Waals surface area contributed by atoms with Gasteiger partial charge in [-0.25, -0.2) is 4.98 Å². The number of benzene rings is 1. The molecule has 6 N–H and O–H groups in total. The first-order valence-electron chi connectivity index (χ1n) is 9.46. The fourth-order valence-electron chi connectivity index (χ4n) is 3.08. The first-order valence-corrected chi connectivity index (χ1v) is 10.3. The van der Waals surface area contributed by atoms with Crippen LogP contribution < -0.4 is 22.1 Å². The highest BCUT2D eigenvalue weighted by molar-refractivity contribution is 7.13. The Morgan fingerprint density at radius 3 is 2.72 bits per heavy atom. The fourth-order valence-corrected chi connectivity index (χ4v) is 3.97. The summed E-state index contributed by atoms with van der Waals surface area (Å²) >= 11 is 1.32. The number of nitrogens with zero attached hydrogens (tertiary/aromatic N) is 2. The number of nitrogen functional groups attached to an aromatic ring is 1. The molecule has 0 bridgehead atoms. The molecule has 0 atom stereocenters. The van der Waals surface area contributed by atoms with Crippen molar-refractivity contribution in [1.29, 1.82) is 0 Å². The van der Waals surface area contributed by atoms with Crippen LogP contribution >= 0.6 is 11.3 Å². The van der Waals surface area contributed by atoms with Crippen LogP contribution in [0.2, 0.25) is 0 Å². The Morgan fingerprint density at radius 2 is 2.03 bits per heavy atom. The highest BCUT2D eigenvalue weighted by Gasteiger charge is 2.19. The summed E-state index contributed by atoms with van der Waals surface area (Å²) in [5, 5.41) is 9.95. The van der Waals surface area contributed by atoms with Crippen molar-refractivity contribution in [2.45, 2.75) is 33.7 Å². The number of hydrogen-bond acceptors (Lipinski definition) is 6. The normalized spacial score (nSPS) is 11.8. The lowest BCUT2D eigenvalue weighted by molar-refractivity contribution is 0.102. The number of aliphatic imine (C=N–C) groups is 1. The lowest BCUT2D eigenvalue weighted by Crippen LogP contribution is -2.17. The van der Waals surface area contributed by atoms with Crippen molar-refractivity contribution in [2.75, 3.05) is 22.9 Å². The Morgan fingerprint density at radius 1 is 1.28 bits per heavy atom. The molecule has 3 aromatic rings. The summed E-state index contributed by atoms with van der Waals surface area (Å²) in [4.78, 5) is 22.2. The predicted octanol–water partition coefficient (Wildman–Crippen LogP) is 3.98. The van der Waals surface area contributed by atoms with Crippen LogP contribution in [0.4, 0.5) is 17.2 Å². The van der Waals surface area contributed by atoms with Crippen molar-refractivity contribution in [3.05, 3.63) is 45.8 Å². The van der Waals surface area contributed by atoms with Gasteiger partial charge in [-0.2, -0.15) is 0 Å². The van der Waals surface area contributed by atoms with Crippen LogP contribution in [-0.4, -0.2) is 29.3 Å². The maximum absolute atomic E-state index is 13.0. The number of pyridine rings is 1. The van der Waals surface area contributed by atoms with Gasteiger partial charge in [-0.05, 0) is 39.3 Å². The van der Waals surface area contributed by atoms with Gasteiger partial charge in [-0.3, -0.25) is 9.79 Å². The zero-order chi connectivity index (χ0) is 21.1. The Bertz CT molecular complexity index is 1090. The standard InChI is InChI=1S/C21H26N6OS/c1-5-24-19(23)18-16(22)15(10-29-18)21(28)27-17-12(4)6-7-14-13(17)8-9-25-20(14)26-11(2)3/h6-11H,5,22H2,1-4H3,(H2,23,24)(H,25,26)(H,27,28). The number of hydrogen-bond donors (Lipinski definition) is 4. The number of fused-ring (bicyclic) bond motifs is 1. The summed E-state index contributed by atoms with van der Waals surface area (Å²) in [6, 6.07) is 6.13. The number of anilines is 3. The lowest BCUT2D eigenvalue weighted by atomic mass is 10.0. The fraction of sp³-hybridized carbons (Fsp3) is 0.286. The number of carbonyl (C=O) groups is 1. The molecule has 2 aromatic heterocycles. The van der Waals surface area contributed by atoms with Gasteiger partial charge in [-0.1, -0.05) is 12.1 Å². The van der Waals surface area contributed by atoms with Gasteiger partial charge in [-0.15, -0.1) is 11.3 Å². The van der Waals surface area contributed by atoms with Gasteiger partial charge >= 0.3 is 0 Å². The van der Waals surface area contributed by atoms with E-state index in [9.17, 15) is 4.79 Å². The largest absolute Gasteiger partial charge is 0.397 e. The summed E-state index contributed by atoms with van der Waals surface area (Å²) in [6.45, 7) is 8.52. The monoisotopic (exact) mass is 410 g/mol. The summed E-state index contributed by atoms with van der Waals surface area (Å²) in [5.74, 6) is 0.861. The van der Waals surface area contributed by atoms with Crippen molar-refractivity contribution < 1.29 is 4.79 Å². The third-order valence-electron chi connectivity index (χ3n) is 4.45. The molecule has 1 amide bonds. The topological polar surface area (TPSA) is 118 Å². The molecule has 29 heavy (non-hydrogen) atoms. The van der Waals surface area contributed by atoms with Crippen molar-refractivity contribution >= 4 is 51.0 Å². The number of thiophene rings is 1. The number of amides is 1. The summed E-state index contributed by atoms with van der Waals surface area (Å²) < 4.78 is 0. The van der Waals surface area contributed by atoms with E-state index >= 15 is 0 Å². The molecule has 152 valence electrons. The molecule has 7 nitrogen and oxygen atoms in total. The summed E-state index contributed by atoms with van der Waals surface area (Å²) in [5.41, 5.74) is 14.6. The number of aromatic nitrogens is 1. The number of nitrogens with two attached hydrogens (primary N) is 2. The highest BCUT2D eigenvalue weighted by Crippen LogP contribution is 2.32. The smallest absolute Gasteiger partial charge is 0.258 e. The molecule has 8 heteroatoms. The second-order valence-electron chi connectivity index (χ2n) is 7.02. The maximum atomic E-state index is 13.0. The Labute approximate surface area is 174 Å². The first-order chi connectivity index (χ1) is 13.8. The zero-order valence-corrected chi connectivity index (χ0v) is 17.9. The second-order valence-corrected chi connectivity index (χ2v) is 7.90. The third-order valence-corrected chi connectivity index (χ3v) is 5.47. The summed E-state index contributed by atoms with van der Waals surface area (Å²) in [6.07, 6.45) is 1.74. The van der Waals surface area contributed by atoms with Gasteiger partial charge in [0, 0.05) is 34.9 Å². The van der Waals surface area contributed by atoms with Crippen LogP contribution in [0.15, 0.2) is 34.8 Å². The molecule has 0 fully saturated rings. The molecule has 0 saturated heterocycles. The van der Waals surface area contributed by atoms with Crippen molar-refractivity contribution in [2.24, 2.45) is 10.7 Å². The molecule has 0 unspecified atom stereocenters. The average molecular weight is 411 g/mol. The summed E-state index contributed by atoms with van der Waals surface area (Å²) in [7, 11) is 0. The average Bonchev–Trinajstić information content (AvgIpc) is 3.05. The van der Waals surface area contributed by atoms with E-state index in [4.69, 9.17) is 11.5 Å². The van der Waals surface area contributed by atoms with Crippen molar-refractivity contribution in [3.8, 4) is 0 Å². The molecule has 2 heterocycles. The quantitative estimate of drug-likeness (QED) is 0.362. The van der Waals surface area contributed by atoms with Gasteiger partial charge in [0.1, 0.15) is 11.7 Å². The zero-order valence-electron chi connectivity index (χ0n) is 17.0. The highest BCUT2D eigenvalue weighted by atomic mass is 32.1. The van der Waals surface area contributed by atoms with E-state index in [2.05, 4.69) is 34.5 Å². The van der Waals surface area contributed by atoms with Crippen LogP contribution in [0.5, 0.6) is 0 Å². The van der Waals surface area contributed by atoms with Crippen molar-refractivity contribution in [1.82, 2.24) is 4.98 Å². The number of aryl methyl sites for hydroxylation is 1. The van der Waals surface area contributed by atoms with E-state index < -0.39 is 0 Å². The second kappa shape index (κ2) is 8.48. The van der Waals surface area contributed by atoms with Gasteiger partial charge in [0.25, 0.3) is 5.91 Å². The Hall–Kier alpha value is -3.13. The van der Waals surface area contributed by atoms with Crippen LogP contribution in [0.25, 0.3) is 10.8 Å². The maximum Gasteiger partial charge on any atom is 0.258 e. The Kier molecular flexibility index (Phi) is 6.03. The van der Waals surface area contributed by atoms with Crippen LogP contribution in [0, 0.1) is 6.92 Å². The SMILES string of the molecule is CCN=C(N)c1scc(C(=O)Nc2c(C)ccc3c(NC(C)C)nccc23)c1N. The number of amidine groups is 1. The van der Waals surface area contributed by atoms with E-state index in [-0.39, 0.29) is 11.9 Å². The van der Waals surface area contributed by atoms with E-state index in [1.165, 1.54) is 11.3 Å². The first kappa shape index (κ1) is 20.6. The van der Waals surface area contributed by atoms with Crippen LogP contribution in [0.3, 0.4) is 0 Å². The van der Waals surface area contributed by atoms with E-state index in [1.807, 2.05) is 32.0 Å². The van der Waals surface area contributed by atoms with Gasteiger partial charge in [0.15, 0.2) is 0 Å². The third kappa shape index (κ3) is 4.17. The Balaban J connectivity index is 1.99. The minimum atomic E-state index is -0.278. The van der Waals surface area contributed by atoms with Gasteiger partial charge in [0.2, 0.25) is 0 Å². The van der Waals surface area contributed by atoms with E-state index in [1.54, 1.807) is 11.6 Å². The molecule has 0 saturated carbocycles. The van der Waals surface area contributed by atoms with Crippen LogP contribution in [-0.2, 0) is 0 Å². The minimum absolute atomic E-state index is 0.242. The molecule has 0 aliphatic carbocycles. The molecule has 3 rings (SSSR count). The van der Waals surface area contributed by atoms with E-state index in [0.717, 1.165) is 27.8 Å². The molecule has 0 radical (unpaired) electrons. The molecule has 1 aromatic carbocycles. The van der Waals surface area contributed by atoms with Crippen molar-refractivity contribution in [3.63, 3.8) is 0 Å². The molecule has 0 aliphatic heterocycles. The van der Waals surface area contributed by atoms with E-state index in [0.29, 0.717) is 28.5 Å². The number of carbonyl (C=O) groups excluding carboxylic acids is 1.